The zero-order valence-corrected chi connectivity index (χ0v) is 35.4. The van der Waals surface area contributed by atoms with Crippen molar-refractivity contribution in [1.29, 1.82) is 0 Å². The van der Waals surface area contributed by atoms with Crippen molar-refractivity contribution in [2.24, 2.45) is 0 Å². The molecule has 9 aromatic carbocycles. The Labute approximate surface area is 349 Å². The lowest BCUT2D eigenvalue weighted by Gasteiger charge is -2.28. The van der Waals surface area contributed by atoms with Crippen LogP contribution in [0.2, 0.25) is 0 Å². The highest BCUT2D eigenvalue weighted by Crippen LogP contribution is 2.68. The molecule has 288 valence electrons. The molecule has 59 heavy (non-hydrogen) atoms. The number of fused-ring (bicyclic) bond motifs is 11. The summed E-state index contributed by atoms with van der Waals surface area (Å²) in [7, 11) is -1.17. The maximum absolute atomic E-state index is 5.45. The fraction of sp³-hybridized carbons (Fsp3) is 0.107. The number of hydrogen-bond donors (Lipinski definition) is 0. The van der Waals surface area contributed by atoms with Crippen LogP contribution in [0.25, 0.3) is 99.2 Å². The molecule has 1 aliphatic heterocycles. The first-order chi connectivity index (χ1) is 29.0. The van der Waals surface area contributed by atoms with Gasteiger partial charge in [-0.25, -0.2) is 9.97 Å². The van der Waals surface area contributed by atoms with Gasteiger partial charge in [-0.15, -0.1) is 0 Å². The van der Waals surface area contributed by atoms with Crippen LogP contribution in [0.5, 0.6) is 0 Å². The number of benzene rings is 9. The Balaban J connectivity index is 0.00000109. The summed E-state index contributed by atoms with van der Waals surface area (Å²) in [6, 6.07) is 66.1. The highest BCUT2D eigenvalue weighted by atomic mass is 32.3. The van der Waals surface area contributed by atoms with E-state index in [1.165, 1.54) is 64.4 Å². The molecular formula is C56H48N2S. The number of rotatable bonds is 4. The monoisotopic (exact) mass is 780 g/mol. The van der Waals surface area contributed by atoms with E-state index in [1.54, 1.807) is 0 Å². The van der Waals surface area contributed by atoms with E-state index < -0.39 is 10.0 Å². The van der Waals surface area contributed by atoms with Crippen molar-refractivity contribution in [2.75, 3.05) is 12.5 Å². The van der Waals surface area contributed by atoms with Gasteiger partial charge in [0.1, 0.15) is 0 Å². The summed E-state index contributed by atoms with van der Waals surface area (Å²) in [5.74, 6) is 0.739. The lowest BCUT2D eigenvalue weighted by Crippen LogP contribution is -1.98. The van der Waals surface area contributed by atoms with Gasteiger partial charge in [0.25, 0.3) is 0 Å². The van der Waals surface area contributed by atoms with Crippen LogP contribution in [-0.2, 0) is 0 Å². The van der Waals surface area contributed by atoms with Crippen LogP contribution in [0.4, 0.5) is 0 Å². The van der Waals surface area contributed by atoms with Gasteiger partial charge in [-0.05, 0) is 109 Å². The Hall–Kier alpha value is -6.55. The normalized spacial score (nSPS) is 12.9. The molecule has 0 radical (unpaired) electrons. The van der Waals surface area contributed by atoms with E-state index in [0.29, 0.717) is 0 Å². The maximum atomic E-state index is 5.45. The summed E-state index contributed by atoms with van der Waals surface area (Å²) in [6.07, 6.45) is 4.81. The van der Waals surface area contributed by atoms with Crippen LogP contribution in [0.3, 0.4) is 0 Å². The summed E-state index contributed by atoms with van der Waals surface area (Å²) < 4.78 is 0. The number of hydrogen-bond acceptors (Lipinski definition) is 2. The third kappa shape index (κ3) is 6.38. The molecule has 2 heterocycles. The van der Waals surface area contributed by atoms with E-state index in [1.807, 2.05) is 27.7 Å². The molecule has 0 saturated heterocycles. The van der Waals surface area contributed by atoms with Gasteiger partial charge in [-0.2, -0.15) is 10.0 Å². The number of nitrogens with zero attached hydrogens (tertiary/aromatic N) is 2. The third-order valence-corrected chi connectivity index (χ3v) is 14.4. The molecule has 10 aromatic rings. The minimum atomic E-state index is -1.17. The molecule has 0 aliphatic carbocycles. The Morgan fingerprint density at radius 2 is 0.814 bits per heavy atom. The van der Waals surface area contributed by atoms with E-state index in [0.717, 1.165) is 44.7 Å². The van der Waals surface area contributed by atoms with Crippen molar-refractivity contribution in [3.8, 4) is 56.0 Å². The van der Waals surface area contributed by atoms with Crippen molar-refractivity contribution >= 4 is 53.2 Å². The summed E-state index contributed by atoms with van der Waals surface area (Å²) >= 11 is 0. The summed E-state index contributed by atoms with van der Waals surface area (Å²) in [4.78, 5) is 13.6. The van der Waals surface area contributed by atoms with E-state index in [4.69, 9.17) is 9.97 Å². The van der Waals surface area contributed by atoms with Crippen molar-refractivity contribution in [1.82, 2.24) is 9.97 Å². The zero-order chi connectivity index (χ0) is 40.7. The molecule has 0 atom stereocenters. The smallest absolute Gasteiger partial charge is 0.160 e. The van der Waals surface area contributed by atoms with Crippen LogP contribution in [0.15, 0.2) is 192 Å². The van der Waals surface area contributed by atoms with Gasteiger partial charge in [0.05, 0.1) is 11.2 Å². The van der Waals surface area contributed by atoms with Crippen molar-refractivity contribution in [2.45, 2.75) is 37.5 Å². The van der Waals surface area contributed by atoms with Crippen LogP contribution < -0.4 is 0 Å². The van der Waals surface area contributed by atoms with Crippen molar-refractivity contribution < 1.29 is 0 Å². The minimum Gasteiger partial charge on any atom is -0.227 e. The summed E-state index contributed by atoms with van der Waals surface area (Å²) in [5.41, 5.74) is 11.3. The standard InChI is InChI=1S/C52H36N2S.2C2H6/c1-55(2)47-25-11-10-24-44(47)49-48(55)29-28-45-50(33-14-4-3-5-15-33)53-52(54-51(45)49)38-19-13-18-36(31-38)34-16-12-17-35(30-34)37-26-27-43-41-22-7-6-20-39(41)40-21-8-9-23-42(40)46(43)32-37;2*1-2/h3-32H,1-2H3;2*1-2H3. The van der Waals surface area contributed by atoms with Crippen molar-refractivity contribution in [3.63, 3.8) is 0 Å². The number of aromatic nitrogens is 2. The molecular weight excluding hydrogens is 733 g/mol. The van der Waals surface area contributed by atoms with E-state index in [2.05, 4.69) is 195 Å². The average molecular weight is 781 g/mol. The molecule has 0 unspecified atom stereocenters. The molecule has 0 spiro atoms. The predicted molar refractivity (Wildman–Crippen MR) is 258 cm³/mol. The van der Waals surface area contributed by atoms with Gasteiger partial charge in [0.15, 0.2) is 5.82 Å². The van der Waals surface area contributed by atoms with Gasteiger partial charge in [-0.3, -0.25) is 0 Å². The molecule has 1 aromatic heterocycles. The third-order valence-electron chi connectivity index (χ3n) is 11.5. The van der Waals surface area contributed by atoms with Crippen LogP contribution in [0.1, 0.15) is 27.7 Å². The molecule has 0 bridgehead atoms. The Kier molecular flexibility index (Phi) is 10.1. The molecule has 2 nitrogen and oxygen atoms in total. The first-order valence-corrected chi connectivity index (χ1v) is 23.3. The molecule has 0 saturated carbocycles. The second-order valence-electron chi connectivity index (χ2n) is 14.9. The largest absolute Gasteiger partial charge is 0.227 e. The fourth-order valence-electron chi connectivity index (χ4n) is 8.85. The van der Waals surface area contributed by atoms with Gasteiger partial charge in [-0.1, -0.05) is 173 Å². The molecule has 3 heteroatoms. The summed E-state index contributed by atoms with van der Waals surface area (Å²) in [5, 5.41) is 8.81. The van der Waals surface area contributed by atoms with Gasteiger partial charge in [0, 0.05) is 31.9 Å². The molecule has 0 N–H and O–H groups in total. The first-order valence-electron chi connectivity index (χ1n) is 20.8. The first kappa shape index (κ1) is 38.0. The van der Waals surface area contributed by atoms with E-state index in [-0.39, 0.29) is 0 Å². The lowest BCUT2D eigenvalue weighted by atomic mass is 9.91. The SMILES string of the molecule is CC.CC.CS1(C)c2ccccc2-c2c1ccc1c(-c3ccccc3)nc(-c3cccc(-c4cccc(-c5ccc6c7ccccc7c7ccccc7c6c5)c4)c3)nc21. The predicted octanol–water partition coefficient (Wildman–Crippen LogP) is 16.3. The highest BCUT2D eigenvalue weighted by molar-refractivity contribution is 8.33. The Morgan fingerprint density at radius 3 is 1.46 bits per heavy atom. The van der Waals surface area contributed by atoms with Gasteiger partial charge >= 0.3 is 0 Å². The van der Waals surface area contributed by atoms with E-state index in [9.17, 15) is 0 Å². The molecule has 0 fully saturated rings. The van der Waals surface area contributed by atoms with Crippen LogP contribution in [0, 0.1) is 0 Å². The highest BCUT2D eigenvalue weighted by Gasteiger charge is 2.34. The molecule has 0 amide bonds. The molecule has 1 aliphatic rings. The lowest BCUT2D eigenvalue weighted by molar-refractivity contribution is 1.22. The van der Waals surface area contributed by atoms with Gasteiger partial charge < -0.3 is 0 Å². The Morgan fingerprint density at radius 1 is 0.339 bits per heavy atom. The van der Waals surface area contributed by atoms with Crippen LogP contribution in [-0.4, -0.2) is 22.5 Å². The van der Waals surface area contributed by atoms with Crippen LogP contribution >= 0.6 is 10.0 Å². The topological polar surface area (TPSA) is 25.8 Å². The fourth-order valence-corrected chi connectivity index (χ4v) is 11.3. The zero-order valence-electron chi connectivity index (χ0n) is 34.6. The maximum Gasteiger partial charge on any atom is 0.160 e. The summed E-state index contributed by atoms with van der Waals surface area (Å²) in [6.45, 7) is 8.00. The quantitative estimate of drug-likeness (QED) is 0.166. The average Bonchev–Trinajstić information content (AvgIpc) is 3.56. The minimum absolute atomic E-state index is 0.739. The second-order valence-corrected chi connectivity index (χ2v) is 18.5. The van der Waals surface area contributed by atoms with E-state index >= 15 is 0 Å². The van der Waals surface area contributed by atoms with Crippen molar-refractivity contribution in [3.05, 3.63) is 182 Å². The van der Waals surface area contributed by atoms with Gasteiger partial charge in [0.2, 0.25) is 0 Å². The molecule has 11 rings (SSSR count). The Bertz CT molecular complexity index is 3150. The second kappa shape index (κ2) is 15.7.